The molecular formula is C25H38N4O2. The van der Waals surface area contributed by atoms with Crippen molar-refractivity contribution in [1.29, 1.82) is 0 Å². The van der Waals surface area contributed by atoms with Gasteiger partial charge in [-0.25, -0.2) is 4.79 Å². The number of hydrogen-bond donors (Lipinski definition) is 1. The number of amides is 1. The number of anilines is 1. The number of fused-ring (bicyclic) bond motifs is 1. The van der Waals surface area contributed by atoms with Crippen LogP contribution in [0.15, 0.2) is 34.8 Å². The van der Waals surface area contributed by atoms with E-state index >= 15 is 0 Å². The first-order valence-electron chi connectivity index (χ1n) is 11.4. The van der Waals surface area contributed by atoms with Crippen LogP contribution < -0.4 is 5.32 Å². The molecular weight excluding hydrogens is 388 g/mol. The molecule has 1 aromatic rings. The predicted octanol–water partition coefficient (Wildman–Crippen LogP) is 4.50. The molecule has 6 heteroatoms. The number of benzene rings is 1. The second-order valence-corrected chi connectivity index (χ2v) is 9.65. The highest BCUT2D eigenvalue weighted by Gasteiger charge is 2.27. The highest BCUT2D eigenvalue weighted by molar-refractivity contribution is 6.03. The van der Waals surface area contributed by atoms with Gasteiger partial charge in [-0.15, -0.1) is 0 Å². The van der Waals surface area contributed by atoms with Crippen LogP contribution in [0, 0.1) is 0 Å². The van der Waals surface area contributed by atoms with Crippen molar-refractivity contribution in [3.63, 3.8) is 0 Å². The Bertz CT molecular complexity index is 854. The lowest BCUT2D eigenvalue weighted by atomic mass is 10.0. The normalized spacial score (nSPS) is 21.5. The first kappa shape index (κ1) is 23.3. The Kier molecular flexibility index (Phi) is 7.42. The number of hydrogen-bond acceptors (Lipinski definition) is 5. The maximum Gasteiger partial charge on any atom is 0.410 e. The van der Waals surface area contributed by atoms with Gasteiger partial charge in [-0.3, -0.25) is 4.99 Å². The monoisotopic (exact) mass is 426 g/mol. The molecule has 170 valence electrons. The summed E-state index contributed by atoms with van der Waals surface area (Å²) in [6.07, 6.45) is 4.74. The molecule has 1 unspecified atom stereocenters. The highest BCUT2D eigenvalue weighted by atomic mass is 16.6. The Morgan fingerprint density at radius 1 is 1.16 bits per heavy atom. The van der Waals surface area contributed by atoms with Crippen molar-refractivity contribution in [2.45, 2.75) is 65.6 Å². The maximum atomic E-state index is 12.5. The Morgan fingerprint density at radius 2 is 1.87 bits per heavy atom. The van der Waals surface area contributed by atoms with E-state index in [1.807, 2.05) is 27.7 Å². The zero-order chi connectivity index (χ0) is 22.6. The third kappa shape index (κ3) is 6.57. The molecule has 0 bridgehead atoms. The zero-order valence-corrected chi connectivity index (χ0v) is 20.0. The molecule has 1 atom stereocenters. The van der Waals surface area contributed by atoms with Gasteiger partial charge in [0.25, 0.3) is 0 Å². The molecule has 31 heavy (non-hydrogen) atoms. The van der Waals surface area contributed by atoms with E-state index in [1.54, 1.807) is 4.90 Å². The molecule has 1 N–H and O–H groups in total. The number of ether oxygens (including phenoxy) is 1. The van der Waals surface area contributed by atoms with E-state index in [0.717, 1.165) is 43.8 Å². The SMILES string of the molecule is C/C=C1/CCN(C(=O)OC(C)(C)C)C/C1=N/C(C)Nc1ccc2c(c1)CCN(C)CC2. The predicted molar refractivity (Wildman–Crippen MR) is 128 cm³/mol. The molecule has 0 aromatic heterocycles. The van der Waals surface area contributed by atoms with Crippen LogP contribution in [-0.2, 0) is 17.6 Å². The number of nitrogens with one attached hydrogen (secondary N) is 1. The van der Waals surface area contributed by atoms with Gasteiger partial charge in [-0.2, -0.15) is 0 Å². The fraction of sp³-hybridized carbons (Fsp3) is 0.600. The van der Waals surface area contributed by atoms with Gasteiger partial charge in [0, 0.05) is 25.3 Å². The van der Waals surface area contributed by atoms with Gasteiger partial charge in [0.05, 0.1) is 12.3 Å². The third-order valence-corrected chi connectivity index (χ3v) is 5.82. The van der Waals surface area contributed by atoms with Crippen LogP contribution in [0.3, 0.4) is 0 Å². The molecule has 6 nitrogen and oxygen atoms in total. The van der Waals surface area contributed by atoms with Gasteiger partial charge >= 0.3 is 6.09 Å². The second kappa shape index (κ2) is 9.86. The lowest BCUT2D eigenvalue weighted by Gasteiger charge is -2.32. The first-order chi connectivity index (χ1) is 14.6. The van der Waals surface area contributed by atoms with Crippen molar-refractivity contribution in [3.05, 3.63) is 41.0 Å². The van der Waals surface area contributed by atoms with Gasteiger partial charge in [0.15, 0.2) is 0 Å². The van der Waals surface area contributed by atoms with E-state index in [4.69, 9.17) is 9.73 Å². The van der Waals surface area contributed by atoms with E-state index in [-0.39, 0.29) is 12.3 Å². The van der Waals surface area contributed by atoms with Crippen LogP contribution in [0.1, 0.15) is 52.2 Å². The Labute approximate surface area is 187 Å². The van der Waals surface area contributed by atoms with Crippen LogP contribution >= 0.6 is 0 Å². The summed E-state index contributed by atoms with van der Waals surface area (Å²) in [5.74, 6) is 0. The minimum absolute atomic E-state index is 0.0879. The molecule has 0 radical (unpaired) electrons. The number of carbonyl (C=O) groups is 1. The van der Waals surface area contributed by atoms with Crippen molar-refractivity contribution < 1.29 is 9.53 Å². The van der Waals surface area contributed by atoms with Crippen molar-refractivity contribution >= 4 is 17.5 Å². The molecule has 1 saturated heterocycles. The quantitative estimate of drug-likeness (QED) is 0.773. The lowest BCUT2D eigenvalue weighted by Crippen LogP contribution is -2.44. The summed E-state index contributed by atoms with van der Waals surface area (Å²) >= 11 is 0. The standard InChI is InChI=1S/C25H38N4O2/c1-7-19-12-15-29(24(30)31-25(3,4)5)17-23(19)27-18(2)26-22-9-8-20-10-13-28(6)14-11-21(20)16-22/h7-9,16,18,26H,10-15,17H2,1-6H3/b19-7-,27-23-. The molecule has 1 amide bonds. The third-order valence-electron chi connectivity index (χ3n) is 5.82. The van der Waals surface area contributed by atoms with Crippen LogP contribution in [0.2, 0.25) is 0 Å². The number of likely N-dealkylation sites (N-methyl/N-ethyl adjacent to an activating group) is 1. The highest BCUT2D eigenvalue weighted by Crippen LogP contribution is 2.22. The smallest absolute Gasteiger partial charge is 0.410 e. The average Bonchev–Trinajstić information content (AvgIpc) is 2.88. The van der Waals surface area contributed by atoms with E-state index in [1.165, 1.54) is 16.7 Å². The van der Waals surface area contributed by atoms with Crippen molar-refractivity contribution in [2.24, 2.45) is 4.99 Å². The van der Waals surface area contributed by atoms with E-state index in [2.05, 4.69) is 48.5 Å². The van der Waals surface area contributed by atoms with Gasteiger partial charge in [0.2, 0.25) is 0 Å². The molecule has 2 aliphatic heterocycles. The number of likely N-dealkylation sites (tertiary alicyclic amines) is 1. The Balaban J connectivity index is 1.69. The maximum absolute atomic E-state index is 12.5. The molecule has 0 aliphatic carbocycles. The van der Waals surface area contributed by atoms with Crippen LogP contribution in [0.4, 0.5) is 10.5 Å². The largest absolute Gasteiger partial charge is 0.444 e. The number of rotatable bonds is 3. The fourth-order valence-electron chi connectivity index (χ4n) is 4.11. The summed E-state index contributed by atoms with van der Waals surface area (Å²) < 4.78 is 5.56. The molecule has 3 rings (SSSR count). The van der Waals surface area contributed by atoms with Crippen LogP contribution in [0.25, 0.3) is 0 Å². The number of carbonyl (C=O) groups excluding carboxylic acids is 1. The average molecular weight is 427 g/mol. The summed E-state index contributed by atoms with van der Waals surface area (Å²) in [5, 5.41) is 3.53. The van der Waals surface area contributed by atoms with E-state index in [9.17, 15) is 4.79 Å². The number of piperidine rings is 1. The van der Waals surface area contributed by atoms with Crippen molar-refractivity contribution in [3.8, 4) is 0 Å². The minimum atomic E-state index is -0.496. The molecule has 0 saturated carbocycles. The van der Waals surface area contributed by atoms with Crippen LogP contribution in [0.5, 0.6) is 0 Å². The summed E-state index contributed by atoms with van der Waals surface area (Å²) in [7, 11) is 2.19. The van der Waals surface area contributed by atoms with Crippen LogP contribution in [-0.4, -0.2) is 66.6 Å². The summed E-state index contributed by atoms with van der Waals surface area (Å²) in [4.78, 5) is 21.6. The van der Waals surface area contributed by atoms with Crippen molar-refractivity contribution in [1.82, 2.24) is 9.80 Å². The fourth-order valence-corrected chi connectivity index (χ4v) is 4.11. The lowest BCUT2D eigenvalue weighted by molar-refractivity contribution is 0.0274. The zero-order valence-electron chi connectivity index (χ0n) is 20.0. The number of allylic oxidation sites excluding steroid dienone is 1. The van der Waals surface area contributed by atoms with E-state index < -0.39 is 5.60 Å². The minimum Gasteiger partial charge on any atom is -0.444 e. The molecule has 1 aromatic carbocycles. The summed E-state index contributed by atoms with van der Waals surface area (Å²) in [5.41, 5.74) is 5.64. The molecule has 2 aliphatic rings. The molecule has 1 fully saturated rings. The summed E-state index contributed by atoms with van der Waals surface area (Å²) in [6, 6.07) is 6.68. The topological polar surface area (TPSA) is 57.2 Å². The first-order valence-corrected chi connectivity index (χ1v) is 11.4. The van der Waals surface area contributed by atoms with Gasteiger partial charge < -0.3 is 19.9 Å². The number of aliphatic imine (C=N–C) groups is 1. The van der Waals surface area contributed by atoms with Crippen molar-refractivity contribution in [2.75, 3.05) is 38.5 Å². The van der Waals surface area contributed by atoms with Gasteiger partial charge in [0.1, 0.15) is 11.8 Å². The Hall–Kier alpha value is -2.34. The molecule has 0 spiro atoms. The molecule has 2 heterocycles. The second-order valence-electron chi connectivity index (χ2n) is 9.65. The Morgan fingerprint density at radius 3 is 2.55 bits per heavy atom. The van der Waals surface area contributed by atoms with Gasteiger partial charge in [-0.1, -0.05) is 12.1 Å². The van der Waals surface area contributed by atoms with E-state index in [0.29, 0.717) is 13.1 Å². The summed E-state index contributed by atoms with van der Waals surface area (Å²) in [6.45, 7) is 13.1. The number of nitrogens with zero attached hydrogens (tertiary/aromatic N) is 3. The van der Waals surface area contributed by atoms with Gasteiger partial charge in [-0.05, 0) is 89.8 Å².